The molecule has 0 radical (unpaired) electrons. The minimum Gasteiger partial charge on any atom is -0.495 e. The summed E-state index contributed by atoms with van der Waals surface area (Å²) >= 11 is 0. The van der Waals surface area contributed by atoms with E-state index < -0.39 is 42.8 Å². The number of nitrogens with zero attached hydrogens (tertiary/aromatic N) is 3. The van der Waals surface area contributed by atoms with E-state index in [-0.39, 0.29) is 12.0 Å². The number of fused-ring (bicyclic) bond motifs is 1. The van der Waals surface area contributed by atoms with Crippen LogP contribution in [0.25, 0.3) is 10.9 Å². The lowest BCUT2D eigenvalue weighted by Gasteiger charge is -2.36. The second kappa shape index (κ2) is 8.45. The smallest absolute Gasteiger partial charge is 0.425 e. The normalized spacial score (nSPS) is 20.9. The molecule has 0 spiro atoms. The molecule has 6 nitrogen and oxygen atoms in total. The first-order chi connectivity index (χ1) is 15.6. The third-order valence-corrected chi connectivity index (χ3v) is 5.49. The van der Waals surface area contributed by atoms with Gasteiger partial charge in [-0.05, 0) is 29.8 Å². The first kappa shape index (κ1) is 22.7. The molecule has 0 bridgehead atoms. The lowest BCUT2D eigenvalue weighted by molar-refractivity contribution is -0.209. The zero-order valence-electron chi connectivity index (χ0n) is 17.4. The van der Waals surface area contributed by atoms with Crippen LogP contribution in [0.3, 0.4) is 0 Å². The Bertz CT molecular complexity index is 1220. The Kier molecular flexibility index (Phi) is 5.81. The number of alkyl halides is 4. The van der Waals surface area contributed by atoms with Crippen LogP contribution in [0.2, 0.25) is 0 Å². The van der Waals surface area contributed by atoms with E-state index in [2.05, 4.69) is 19.7 Å². The molecule has 0 aliphatic carbocycles. The molecule has 0 saturated heterocycles. The van der Waals surface area contributed by atoms with Gasteiger partial charge in [0.2, 0.25) is 0 Å². The number of hydrogen-bond acceptors (Lipinski definition) is 6. The molecule has 0 fully saturated rings. The molecule has 33 heavy (non-hydrogen) atoms. The van der Waals surface area contributed by atoms with Gasteiger partial charge >= 0.3 is 6.18 Å². The standard InChI is InChI=1S/C22H19F5N4O2/c1-32-14-8-13-4-5-29-17(19(13)30-10-14)7-12-2-3-16(24)15(6-12)21(11-23)9-18(22(25,26)27)33-20(28)31-21/h2-6,8,10,18H,7,9,11H2,1H3,(H2,28,31)/t18-,21+/m0/s1. The Morgan fingerprint density at radius 3 is 2.70 bits per heavy atom. The van der Waals surface area contributed by atoms with Gasteiger partial charge in [0.05, 0.1) is 24.5 Å². The molecule has 3 heterocycles. The third-order valence-electron chi connectivity index (χ3n) is 5.49. The molecule has 0 amide bonds. The maximum absolute atomic E-state index is 14.8. The van der Waals surface area contributed by atoms with Gasteiger partial charge in [-0.3, -0.25) is 9.97 Å². The Morgan fingerprint density at radius 1 is 1.21 bits per heavy atom. The molecule has 11 heteroatoms. The van der Waals surface area contributed by atoms with Crippen LogP contribution in [-0.4, -0.2) is 42.1 Å². The summed E-state index contributed by atoms with van der Waals surface area (Å²) in [5.41, 5.74) is 4.53. The average molecular weight is 466 g/mol. The molecule has 1 aromatic carbocycles. The fourth-order valence-electron chi connectivity index (χ4n) is 3.86. The molecule has 0 unspecified atom stereocenters. The summed E-state index contributed by atoms with van der Waals surface area (Å²) < 4.78 is 78.6. The third kappa shape index (κ3) is 4.39. The summed E-state index contributed by atoms with van der Waals surface area (Å²) in [4.78, 5) is 12.4. The highest BCUT2D eigenvalue weighted by atomic mass is 19.4. The van der Waals surface area contributed by atoms with Crippen molar-refractivity contribution in [2.24, 2.45) is 10.7 Å². The number of benzene rings is 1. The quantitative estimate of drug-likeness (QED) is 0.570. The lowest BCUT2D eigenvalue weighted by Crippen LogP contribution is -2.48. The van der Waals surface area contributed by atoms with Crippen LogP contribution in [0.15, 0.2) is 47.7 Å². The molecule has 1 aliphatic heterocycles. The van der Waals surface area contributed by atoms with Gasteiger partial charge in [0, 0.05) is 30.0 Å². The number of pyridine rings is 2. The number of aliphatic imine (C=N–C) groups is 1. The molecule has 4 rings (SSSR count). The van der Waals surface area contributed by atoms with Crippen molar-refractivity contribution < 1.29 is 31.4 Å². The van der Waals surface area contributed by atoms with Crippen LogP contribution in [-0.2, 0) is 16.7 Å². The van der Waals surface area contributed by atoms with E-state index in [1.807, 2.05) is 0 Å². The Balaban J connectivity index is 1.74. The molecule has 2 atom stereocenters. The van der Waals surface area contributed by atoms with Gasteiger partial charge in [-0.2, -0.15) is 13.2 Å². The summed E-state index contributed by atoms with van der Waals surface area (Å²) in [6.45, 7) is -1.39. The Hall–Kier alpha value is -3.50. The monoisotopic (exact) mass is 466 g/mol. The molecule has 2 N–H and O–H groups in total. The summed E-state index contributed by atoms with van der Waals surface area (Å²) in [5.74, 6) is -0.340. The molecule has 1 aliphatic rings. The molecule has 2 aromatic heterocycles. The van der Waals surface area contributed by atoms with Crippen LogP contribution in [0.5, 0.6) is 5.75 Å². The zero-order chi connectivity index (χ0) is 23.8. The number of nitrogens with two attached hydrogens (primary N) is 1. The number of halogens is 5. The van der Waals surface area contributed by atoms with Crippen molar-refractivity contribution in [3.8, 4) is 5.75 Å². The number of aromatic nitrogens is 2. The SMILES string of the molecule is COc1cnc2c(Cc3ccc(F)c([C@]4(CF)C[C@@H](C(F)(F)F)OC(N)=N4)c3)nccc2c1. The lowest BCUT2D eigenvalue weighted by atomic mass is 9.83. The zero-order valence-corrected chi connectivity index (χ0v) is 17.4. The van der Waals surface area contributed by atoms with Gasteiger partial charge < -0.3 is 15.2 Å². The summed E-state index contributed by atoms with van der Waals surface area (Å²) in [6.07, 6.45) is -4.91. The van der Waals surface area contributed by atoms with E-state index in [4.69, 9.17) is 10.5 Å². The summed E-state index contributed by atoms with van der Waals surface area (Å²) in [7, 11) is 1.51. The number of methoxy groups -OCH3 is 1. The highest BCUT2D eigenvalue weighted by Crippen LogP contribution is 2.41. The maximum Gasteiger partial charge on any atom is 0.425 e. The maximum atomic E-state index is 14.8. The largest absolute Gasteiger partial charge is 0.495 e. The van der Waals surface area contributed by atoms with E-state index in [1.165, 1.54) is 25.4 Å². The molecular weight excluding hydrogens is 447 g/mol. The van der Waals surface area contributed by atoms with Gasteiger partial charge in [-0.1, -0.05) is 6.07 Å². The molecule has 3 aromatic rings. The van der Waals surface area contributed by atoms with Crippen molar-refractivity contribution in [2.45, 2.75) is 30.7 Å². The van der Waals surface area contributed by atoms with Gasteiger partial charge in [-0.25, -0.2) is 13.8 Å². The predicted molar refractivity (Wildman–Crippen MR) is 110 cm³/mol. The van der Waals surface area contributed by atoms with Crippen molar-refractivity contribution >= 4 is 16.9 Å². The topological polar surface area (TPSA) is 82.6 Å². The van der Waals surface area contributed by atoms with Gasteiger partial charge in [-0.15, -0.1) is 0 Å². The highest BCUT2D eigenvalue weighted by molar-refractivity contribution is 5.81. The van der Waals surface area contributed by atoms with Gasteiger partial charge in [0.15, 0.2) is 6.10 Å². The summed E-state index contributed by atoms with van der Waals surface area (Å²) in [6, 6.07) is 6.47. The van der Waals surface area contributed by atoms with Crippen molar-refractivity contribution in [1.82, 2.24) is 9.97 Å². The van der Waals surface area contributed by atoms with E-state index in [9.17, 15) is 22.0 Å². The predicted octanol–water partition coefficient (Wildman–Crippen LogP) is 4.20. The number of rotatable bonds is 5. The highest BCUT2D eigenvalue weighted by Gasteiger charge is 2.52. The Labute approximate surface area is 185 Å². The van der Waals surface area contributed by atoms with Crippen molar-refractivity contribution in [1.29, 1.82) is 0 Å². The minimum atomic E-state index is -4.82. The minimum absolute atomic E-state index is 0.171. The van der Waals surface area contributed by atoms with Gasteiger partial charge in [0.1, 0.15) is 23.8 Å². The van der Waals surface area contributed by atoms with Crippen LogP contribution in [0.4, 0.5) is 22.0 Å². The fourth-order valence-corrected chi connectivity index (χ4v) is 3.86. The van der Waals surface area contributed by atoms with E-state index in [0.29, 0.717) is 22.5 Å². The van der Waals surface area contributed by atoms with Crippen LogP contribution >= 0.6 is 0 Å². The van der Waals surface area contributed by atoms with E-state index in [0.717, 1.165) is 11.5 Å². The van der Waals surface area contributed by atoms with E-state index in [1.54, 1.807) is 18.3 Å². The number of ether oxygens (including phenoxy) is 2. The molecule has 0 saturated carbocycles. The van der Waals surface area contributed by atoms with Gasteiger partial charge in [0.25, 0.3) is 6.02 Å². The number of hydrogen-bond donors (Lipinski definition) is 1. The average Bonchev–Trinajstić information content (AvgIpc) is 2.79. The number of amidine groups is 1. The Morgan fingerprint density at radius 2 is 2.00 bits per heavy atom. The van der Waals surface area contributed by atoms with Crippen LogP contribution in [0, 0.1) is 5.82 Å². The molecular formula is C22H19F5N4O2. The first-order valence-corrected chi connectivity index (χ1v) is 9.86. The second-order valence-electron chi connectivity index (χ2n) is 7.66. The first-order valence-electron chi connectivity index (χ1n) is 9.86. The van der Waals surface area contributed by atoms with Crippen LogP contribution in [0.1, 0.15) is 23.2 Å². The van der Waals surface area contributed by atoms with E-state index >= 15 is 0 Å². The fraction of sp³-hybridized carbons (Fsp3) is 0.318. The second-order valence-corrected chi connectivity index (χ2v) is 7.66. The summed E-state index contributed by atoms with van der Waals surface area (Å²) in [5, 5.41) is 0.761. The van der Waals surface area contributed by atoms with Crippen LogP contribution < -0.4 is 10.5 Å². The molecule has 174 valence electrons. The van der Waals surface area contributed by atoms with Crippen molar-refractivity contribution in [3.63, 3.8) is 0 Å². The van der Waals surface area contributed by atoms with Crippen molar-refractivity contribution in [3.05, 3.63) is 65.4 Å². The van der Waals surface area contributed by atoms with Crippen molar-refractivity contribution in [2.75, 3.05) is 13.8 Å².